The number of hydrogen-bond donors (Lipinski definition) is 1. The van der Waals surface area contributed by atoms with Crippen LogP contribution < -0.4 is 5.32 Å². The third kappa shape index (κ3) is 3.03. The fourth-order valence-corrected chi connectivity index (χ4v) is 1.41. The molecule has 6 heteroatoms. The number of carbonyl (C=O) groups excluding carboxylic acids is 3. The maximum Gasteiger partial charge on any atom is 0.252 e. The highest BCUT2D eigenvalue weighted by Gasteiger charge is 2.36. The summed E-state index contributed by atoms with van der Waals surface area (Å²) in [6, 6.07) is -0.727. The quantitative estimate of drug-likeness (QED) is 0.498. The Bertz CT molecular complexity index is 303. The van der Waals surface area contributed by atoms with Crippen molar-refractivity contribution in [3.05, 3.63) is 0 Å². The van der Waals surface area contributed by atoms with Gasteiger partial charge in [-0.25, -0.2) is 0 Å². The number of likely N-dealkylation sites (N-methyl/N-ethyl adjacent to an activating group) is 1. The van der Waals surface area contributed by atoms with Crippen molar-refractivity contribution in [2.45, 2.75) is 25.8 Å². The molecule has 1 fully saturated rings. The number of carbonyl (C=O) groups is 3. The van der Waals surface area contributed by atoms with Crippen molar-refractivity contribution >= 4 is 17.7 Å². The topological polar surface area (TPSA) is 75.7 Å². The van der Waals surface area contributed by atoms with Gasteiger partial charge in [0.2, 0.25) is 11.8 Å². The van der Waals surface area contributed by atoms with Crippen LogP contribution in [0.5, 0.6) is 0 Å². The minimum absolute atomic E-state index is 0.0366. The van der Waals surface area contributed by atoms with E-state index in [0.717, 1.165) is 11.3 Å². The molecule has 0 saturated carbocycles. The zero-order chi connectivity index (χ0) is 12.1. The van der Waals surface area contributed by atoms with Gasteiger partial charge in [0.05, 0.1) is 6.42 Å². The smallest absolute Gasteiger partial charge is 0.252 e. The molecule has 1 aliphatic rings. The summed E-state index contributed by atoms with van der Waals surface area (Å²) in [4.78, 5) is 34.9. The molecule has 0 aromatic carbocycles. The van der Waals surface area contributed by atoms with Crippen LogP contribution >= 0.6 is 0 Å². The fourth-order valence-electron chi connectivity index (χ4n) is 1.41. The zero-order valence-corrected chi connectivity index (χ0v) is 9.49. The van der Waals surface area contributed by atoms with Crippen molar-refractivity contribution in [3.63, 3.8) is 0 Å². The summed E-state index contributed by atoms with van der Waals surface area (Å²) >= 11 is 0. The maximum atomic E-state index is 11.4. The Balaban J connectivity index is 2.35. The fraction of sp³-hybridized carbons (Fsp3) is 0.700. The van der Waals surface area contributed by atoms with E-state index in [-0.39, 0.29) is 30.7 Å². The molecule has 1 rings (SSSR count). The van der Waals surface area contributed by atoms with Gasteiger partial charge in [0.25, 0.3) is 5.91 Å². The Morgan fingerprint density at radius 3 is 2.75 bits per heavy atom. The molecule has 0 bridgehead atoms. The highest BCUT2D eigenvalue weighted by atomic mass is 16.5. The lowest BCUT2D eigenvalue weighted by molar-refractivity contribution is -0.138. The lowest BCUT2D eigenvalue weighted by Gasteiger charge is -2.10. The van der Waals surface area contributed by atoms with Crippen LogP contribution in [0.2, 0.25) is 0 Å². The first-order chi connectivity index (χ1) is 7.56. The van der Waals surface area contributed by atoms with Gasteiger partial charge in [0.1, 0.15) is 12.6 Å². The van der Waals surface area contributed by atoms with Crippen molar-refractivity contribution in [3.8, 4) is 0 Å². The molecule has 6 nitrogen and oxygen atoms in total. The predicted molar refractivity (Wildman–Crippen MR) is 55.4 cm³/mol. The lowest BCUT2D eigenvalue weighted by atomic mass is 10.2. The second-order valence-corrected chi connectivity index (χ2v) is 3.67. The average Bonchev–Trinajstić information content (AvgIpc) is 2.47. The van der Waals surface area contributed by atoms with Gasteiger partial charge in [-0.05, 0) is 6.42 Å². The summed E-state index contributed by atoms with van der Waals surface area (Å²) in [5.41, 5.74) is 0. The van der Waals surface area contributed by atoms with Gasteiger partial charge >= 0.3 is 0 Å². The summed E-state index contributed by atoms with van der Waals surface area (Å²) < 4.78 is 5.02. The first-order valence-electron chi connectivity index (χ1n) is 5.23. The van der Waals surface area contributed by atoms with Gasteiger partial charge in [0.15, 0.2) is 0 Å². The highest BCUT2D eigenvalue weighted by molar-refractivity contribution is 6.06. The van der Waals surface area contributed by atoms with Crippen LogP contribution in [0, 0.1) is 0 Å². The van der Waals surface area contributed by atoms with Crippen LogP contribution in [0.25, 0.3) is 0 Å². The van der Waals surface area contributed by atoms with E-state index in [1.54, 1.807) is 0 Å². The van der Waals surface area contributed by atoms with E-state index in [4.69, 9.17) is 4.74 Å². The van der Waals surface area contributed by atoms with Gasteiger partial charge in [-0.3, -0.25) is 19.3 Å². The predicted octanol–water partition coefficient (Wildman–Crippen LogP) is -0.713. The van der Waals surface area contributed by atoms with Crippen molar-refractivity contribution < 1.29 is 19.1 Å². The third-order valence-corrected chi connectivity index (χ3v) is 2.30. The zero-order valence-electron chi connectivity index (χ0n) is 9.49. The molecule has 1 heterocycles. The number of imide groups is 1. The Kier molecular flexibility index (Phi) is 4.42. The Morgan fingerprint density at radius 1 is 1.56 bits per heavy atom. The SMILES string of the molecule is CCCOCC(=O)NC1CC(=O)N(C)C1=O. The molecule has 1 saturated heterocycles. The second-order valence-electron chi connectivity index (χ2n) is 3.67. The van der Waals surface area contributed by atoms with Crippen molar-refractivity contribution in [2.75, 3.05) is 20.3 Å². The van der Waals surface area contributed by atoms with Crippen molar-refractivity contribution in [1.29, 1.82) is 0 Å². The van der Waals surface area contributed by atoms with Gasteiger partial charge in [-0.15, -0.1) is 0 Å². The van der Waals surface area contributed by atoms with Gasteiger partial charge < -0.3 is 10.1 Å². The summed E-state index contributed by atoms with van der Waals surface area (Å²) in [7, 11) is 1.41. The minimum Gasteiger partial charge on any atom is -0.372 e. The van der Waals surface area contributed by atoms with E-state index in [1.165, 1.54) is 7.05 Å². The molecule has 16 heavy (non-hydrogen) atoms. The molecule has 3 amide bonds. The van der Waals surface area contributed by atoms with Crippen LogP contribution in [0.4, 0.5) is 0 Å². The molecule has 0 aromatic rings. The number of ether oxygens (including phenoxy) is 1. The van der Waals surface area contributed by atoms with Crippen LogP contribution in [-0.2, 0) is 19.1 Å². The lowest BCUT2D eigenvalue weighted by Crippen LogP contribution is -2.42. The number of rotatable bonds is 5. The van der Waals surface area contributed by atoms with Crippen LogP contribution in [0.1, 0.15) is 19.8 Å². The van der Waals surface area contributed by atoms with E-state index in [0.29, 0.717) is 6.61 Å². The summed E-state index contributed by atoms with van der Waals surface area (Å²) in [5, 5.41) is 2.47. The molecule has 1 atom stereocenters. The number of nitrogens with one attached hydrogen (secondary N) is 1. The molecular weight excluding hydrogens is 212 g/mol. The van der Waals surface area contributed by atoms with E-state index >= 15 is 0 Å². The van der Waals surface area contributed by atoms with Crippen LogP contribution in [0.15, 0.2) is 0 Å². The van der Waals surface area contributed by atoms with Crippen molar-refractivity contribution in [1.82, 2.24) is 10.2 Å². The number of nitrogens with zero attached hydrogens (tertiary/aromatic N) is 1. The number of amides is 3. The third-order valence-electron chi connectivity index (χ3n) is 2.30. The Hall–Kier alpha value is -1.43. The highest BCUT2D eigenvalue weighted by Crippen LogP contribution is 2.10. The Morgan fingerprint density at radius 2 is 2.25 bits per heavy atom. The van der Waals surface area contributed by atoms with E-state index in [9.17, 15) is 14.4 Å². The summed E-state index contributed by atoms with van der Waals surface area (Å²) in [6.07, 6.45) is 0.867. The first kappa shape index (κ1) is 12.6. The normalized spacial score (nSPS) is 20.4. The molecule has 0 aromatic heterocycles. The molecule has 1 unspecified atom stereocenters. The van der Waals surface area contributed by atoms with E-state index in [2.05, 4.69) is 5.32 Å². The minimum atomic E-state index is -0.727. The molecule has 0 spiro atoms. The number of hydrogen-bond acceptors (Lipinski definition) is 4. The van der Waals surface area contributed by atoms with Gasteiger partial charge in [-0.2, -0.15) is 0 Å². The second kappa shape index (κ2) is 5.60. The van der Waals surface area contributed by atoms with Crippen LogP contribution in [0.3, 0.4) is 0 Å². The standard InChI is InChI=1S/C10H16N2O4/c1-3-4-16-6-8(13)11-7-5-9(14)12(2)10(7)15/h7H,3-6H2,1-2H3,(H,11,13). The molecule has 90 valence electrons. The molecule has 0 radical (unpaired) electrons. The van der Waals surface area contributed by atoms with Crippen molar-refractivity contribution in [2.24, 2.45) is 0 Å². The first-order valence-corrected chi connectivity index (χ1v) is 5.23. The average molecular weight is 228 g/mol. The number of likely N-dealkylation sites (tertiary alicyclic amines) is 1. The Labute approximate surface area is 93.9 Å². The summed E-state index contributed by atoms with van der Waals surface area (Å²) in [6.45, 7) is 2.37. The summed E-state index contributed by atoms with van der Waals surface area (Å²) in [5.74, 6) is -1.01. The molecular formula is C10H16N2O4. The molecule has 1 N–H and O–H groups in total. The van der Waals surface area contributed by atoms with Gasteiger partial charge in [0, 0.05) is 13.7 Å². The van der Waals surface area contributed by atoms with Crippen LogP contribution in [-0.4, -0.2) is 48.9 Å². The largest absolute Gasteiger partial charge is 0.372 e. The molecule has 0 aliphatic carbocycles. The van der Waals surface area contributed by atoms with E-state index in [1.807, 2.05) is 6.92 Å². The monoisotopic (exact) mass is 228 g/mol. The maximum absolute atomic E-state index is 11.4. The molecule has 1 aliphatic heterocycles. The van der Waals surface area contributed by atoms with Gasteiger partial charge in [-0.1, -0.05) is 6.92 Å². The van der Waals surface area contributed by atoms with E-state index < -0.39 is 6.04 Å².